The molecular formula is C11H13N3O. The predicted octanol–water partition coefficient (Wildman–Crippen LogP) is 0.870. The molecule has 1 aromatic rings. The van der Waals surface area contributed by atoms with Gasteiger partial charge in [0.1, 0.15) is 0 Å². The van der Waals surface area contributed by atoms with E-state index in [9.17, 15) is 4.79 Å². The average Bonchev–Trinajstić information content (AvgIpc) is 2.26. The lowest BCUT2D eigenvalue weighted by Gasteiger charge is -2.18. The smallest absolute Gasteiger partial charge is 0.219 e. The lowest BCUT2D eigenvalue weighted by atomic mass is 10.2. The predicted molar refractivity (Wildman–Crippen MR) is 58.2 cm³/mol. The number of anilines is 1. The van der Waals surface area contributed by atoms with E-state index in [1.54, 1.807) is 12.1 Å². The SMILES string of the molecule is CN(CCC(N)=O)c1ccc(C#N)cc1. The van der Waals surface area contributed by atoms with Crippen molar-refractivity contribution in [3.05, 3.63) is 29.8 Å². The van der Waals surface area contributed by atoms with Gasteiger partial charge in [-0.3, -0.25) is 4.79 Å². The van der Waals surface area contributed by atoms with Gasteiger partial charge in [0, 0.05) is 25.7 Å². The zero-order valence-corrected chi connectivity index (χ0v) is 8.60. The Morgan fingerprint density at radius 3 is 2.53 bits per heavy atom. The van der Waals surface area contributed by atoms with E-state index >= 15 is 0 Å². The number of hydrogen-bond donors (Lipinski definition) is 1. The summed E-state index contributed by atoms with van der Waals surface area (Å²) in [6.45, 7) is 0.585. The summed E-state index contributed by atoms with van der Waals surface area (Å²) in [5, 5.41) is 8.62. The summed E-state index contributed by atoms with van der Waals surface area (Å²) in [6, 6.07) is 9.24. The lowest BCUT2D eigenvalue weighted by Crippen LogP contribution is -2.23. The minimum atomic E-state index is -0.310. The van der Waals surface area contributed by atoms with Crippen LogP contribution in [0.3, 0.4) is 0 Å². The maximum Gasteiger partial charge on any atom is 0.219 e. The van der Waals surface area contributed by atoms with E-state index < -0.39 is 0 Å². The summed E-state index contributed by atoms with van der Waals surface area (Å²) < 4.78 is 0. The van der Waals surface area contributed by atoms with Crippen LogP contribution in [-0.2, 0) is 4.79 Å². The number of primary amides is 1. The third kappa shape index (κ3) is 3.31. The molecule has 0 heterocycles. The largest absolute Gasteiger partial charge is 0.374 e. The number of amides is 1. The van der Waals surface area contributed by atoms with Crippen LogP contribution in [0, 0.1) is 11.3 Å². The summed E-state index contributed by atoms with van der Waals surface area (Å²) in [6.07, 6.45) is 0.330. The van der Waals surface area contributed by atoms with Crippen LogP contribution in [0.4, 0.5) is 5.69 Å². The number of benzene rings is 1. The number of rotatable bonds is 4. The van der Waals surface area contributed by atoms with E-state index in [0.29, 0.717) is 18.5 Å². The summed E-state index contributed by atoms with van der Waals surface area (Å²) in [7, 11) is 1.88. The number of nitrogens with zero attached hydrogens (tertiary/aromatic N) is 2. The molecule has 0 atom stereocenters. The molecule has 0 aromatic heterocycles. The van der Waals surface area contributed by atoms with Crippen LogP contribution in [0.15, 0.2) is 24.3 Å². The van der Waals surface area contributed by atoms with E-state index in [2.05, 4.69) is 6.07 Å². The van der Waals surface area contributed by atoms with E-state index in [4.69, 9.17) is 11.0 Å². The molecule has 1 aromatic carbocycles. The fourth-order valence-corrected chi connectivity index (χ4v) is 1.20. The average molecular weight is 203 g/mol. The first-order valence-corrected chi connectivity index (χ1v) is 4.63. The van der Waals surface area contributed by atoms with Gasteiger partial charge in [-0.1, -0.05) is 0 Å². The number of carbonyl (C=O) groups excluding carboxylic acids is 1. The van der Waals surface area contributed by atoms with E-state index in [1.807, 2.05) is 24.1 Å². The van der Waals surface area contributed by atoms with Crippen LogP contribution in [0.2, 0.25) is 0 Å². The van der Waals surface area contributed by atoms with Gasteiger partial charge in [0.25, 0.3) is 0 Å². The molecule has 1 amide bonds. The highest BCUT2D eigenvalue weighted by atomic mass is 16.1. The molecule has 0 fully saturated rings. The van der Waals surface area contributed by atoms with Gasteiger partial charge in [-0.25, -0.2) is 0 Å². The van der Waals surface area contributed by atoms with Crippen molar-refractivity contribution < 1.29 is 4.79 Å². The Hall–Kier alpha value is -2.02. The third-order valence-corrected chi connectivity index (χ3v) is 2.13. The first-order chi connectivity index (χ1) is 7.13. The van der Waals surface area contributed by atoms with Crippen molar-refractivity contribution >= 4 is 11.6 Å². The van der Waals surface area contributed by atoms with Gasteiger partial charge < -0.3 is 10.6 Å². The number of nitrogens with two attached hydrogens (primary N) is 1. The van der Waals surface area contributed by atoms with E-state index in [1.165, 1.54) is 0 Å². The van der Waals surface area contributed by atoms with Crippen molar-refractivity contribution in [2.45, 2.75) is 6.42 Å². The van der Waals surface area contributed by atoms with Crippen molar-refractivity contribution in [1.29, 1.82) is 5.26 Å². The second-order valence-corrected chi connectivity index (χ2v) is 3.30. The van der Waals surface area contributed by atoms with Crippen molar-refractivity contribution in [3.63, 3.8) is 0 Å². The molecule has 15 heavy (non-hydrogen) atoms. The molecule has 0 aliphatic carbocycles. The van der Waals surface area contributed by atoms with Crippen LogP contribution >= 0.6 is 0 Å². The molecule has 4 nitrogen and oxygen atoms in total. The molecule has 0 saturated carbocycles. The molecule has 2 N–H and O–H groups in total. The fraction of sp³-hybridized carbons (Fsp3) is 0.273. The molecule has 0 bridgehead atoms. The zero-order valence-electron chi connectivity index (χ0n) is 8.60. The highest BCUT2D eigenvalue weighted by Gasteiger charge is 2.02. The number of hydrogen-bond acceptors (Lipinski definition) is 3. The monoisotopic (exact) mass is 203 g/mol. The standard InChI is InChI=1S/C11H13N3O/c1-14(7-6-11(13)15)10-4-2-9(8-12)3-5-10/h2-5H,6-7H2,1H3,(H2,13,15). The van der Waals surface area contributed by atoms with Crippen molar-refractivity contribution in [1.82, 2.24) is 0 Å². The summed E-state index contributed by atoms with van der Waals surface area (Å²) in [5.41, 5.74) is 6.65. The quantitative estimate of drug-likeness (QED) is 0.789. The normalized spacial score (nSPS) is 9.33. The lowest BCUT2D eigenvalue weighted by molar-refractivity contribution is -0.117. The number of nitriles is 1. The maximum atomic E-state index is 10.6. The number of carbonyl (C=O) groups is 1. The molecular weight excluding hydrogens is 190 g/mol. The fourth-order valence-electron chi connectivity index (χ4n) is 1.20. The topological polar surface area (TPSA) is 70.1 Å². The van der Waals surface area contributed by atoms with Gasteiger partial charge in [0.05, 0.1) is 11.6 Å². The summed E-state index contributed by atoms with van der Waals surface area (Å²) in [4.78, 5) is 12.5. The first-order valence-electron chi connectivity index (χ1n) is 4.63. The van der Waals surface area contributed by atoms with Crippen LogP contribution in [0.5, 0.6) is 0 Å². The Morgan fingerprint density at radius 2 is 2.07 bits per heavy atom. The van der Waals surface area contributed by atoms with Gasteiger partial charge in [0.2, 0.25) is 5.91 Å². The Morgan fingerprint density at radius 1 is 1.47 bits per heavy atom. The van der Waals surface area contributed by atoms with Gasteiger partial charge >= 0.3 is 0 Å². The van der Waals surface area contributed by atoms with E-state index in [0.717, 1.165) is 5.69 Å². The summed E-state index contributed by atoms with van der Waals surface area (Å²) >= 11 is 0. The molecule has 0 unspecified atom stereocenters. The molecule has 78 valence electrons. The second kappa shape index (κ2) is 5.01. The Labute approximate surface area is 88.9 Å². The Kier molecular flexibility index (Phi) is 3.69. The van der Waals surface area contributed by atoms with E-state index in [-0.39, 0.29) is 5.91 Å². The first kappa shape index (κ1) is 11.1. The molecule has 0 aliphatic heterocycles. The molecule has 0 saturated heterocycles. The minimum Gasteiger partial charge on any atom is -0.374 e. The van der Waals surface area contributed by atoms with Crippen LogP contribution in [0.25, 0.3) is 0 Å². The van der Waals surface area contributed by atoms with Crippen LogP contribution < -0.4 is 10.6 Å². The van der Waals surface area contributed by atoms with Crippen molar-refractivity contribution in [2.24, 2.45) is 5.73 Å². The third-order valence-electron chi connectivity index (χ3n) is 2.13. The van der Waals surface area contributed by atoms with Crippen LogP contribution in [0.1, 0.15) is 12.0 Å². The Balaban J connectivity index is 2.62. The van der Waals surface area contributed by atoms with Crippen molar-refractivity contribution in [3.8, 4) is 6.07 Å². The van der Waals surface area contributed by atoms with Gasteiger partial charge in [0.15, 0.2) is 0 Å². The van der Waals surface area contributed by atoms with Gasteiger partial charge in [-0.15, -0.1) is 0 Å². The zero-order chi connectivity index (χ0) is 11.3. The Bertz CT molecular complexity index is 378. The highest BCUT2D eigenvalue weighted by molar-refractivity contribution is 5.74. The minimum absolute atomic E-state index is 0.310. The van der Waals surface area contributed by atoms with Crippen LogP contribution in [-0.4, -0.2) is 19.5 Å². The second-order valence-electron chi connectivity index (χ2n) is 3.30. The van der Waals surface area contributed by atoms with Gasteiger partial charge in [-0.05, 0) is 24.3 Å². The van der Waals surface area contributed by atoms with Gasteiger partial charge in [-0.2, -0.15) is 5.26 Å². The van der Waals surface area contributed by atoms with Crippen molar-refractivity contribution in [2.75, 3.05) is 18.5 Å². The maximum absolute atomic E-state index is 10.6. The molecule has 0 spiro atoms. The molecule has 0 aliphatic rings. The molecule has 1 rings (SSSR count). The highest BCUT2D eigenvalue weighted by Crippen LogP contribution is 2.13. The summed E-state index contributed by atoms with van der Waals surface area (Å²) in [5.74, 6) is -0.310. The molecule has 4 heteroatoms. The molecule has 0 radical (unpaired) electrons.